The molecule has 0 bridgehead atoms. The van der Waals surface area contributed by atoms with E-state index in [-0.39, 0.29) is 11.4 Å². The first kappa shape index (κ1) is 24.5. The highest BCUT2D eigenvalue weighted by Crippen LogP contribution is 2.33. The van der Waals surface area contributed by atoms with Gasteiger partial charge in [0.05, 0.1) is 10.6 Å². The van der Waals surface area contributed by atoms with Crippen LogP contribution in [0, 0.1) is 5.41 Å². The maximum atomic E-state index is 14.9. The topological polar surface area (TPSA) is 131 Å². The Morgan fingerprint density at radius 1 is 1.09 bits per heavy atom. The van der Waals surface area contributed by atoms with Gasteiger partial charge in [-0.15, -0.1) is 0 Å². The second-order valence-corrected chi connectivity index (χ2v) is 8.87. The standard InChI is InChI=1S/C23H20BrFN4O3S/c1-13(14-5-4-6-16(11-14)22(26)27)21(25)23(30)29-19-10-9-15(12-18(19)24)17-7-2-3-8-20(17)33(31)32-28/h2-12H,28H2,1H3,(H3,26,27)(H,29,30)/b21-13+. The largest absolute Gasteiger partial charge is 0.384 e. The monoisotopic (exact) mass is 530 g/mol. The molecule has 3 rings (SSSR count). The normalized spacial score (nSPS) is 12.6. The van der Waals surface area contributed by atoms with Crippen LogP contribution in [0.25, 0.3) is 16.7 Å². The van der Waals surface area contributed by atoms with Gasteiger partial charge in [0.15, 0.2) is 5.83 Å². The van der Waals surface area contributed by atoms with Crippen molar-refractivity contribution in [2.24, 2.45) is 11.6 Å². The summed E-state index contributed by atoms with van der Waals surface area (Å²) >= 11 is 1.54. The predicted octanol–water partition coefficient (Wildman–Crippen LogP) is 4.65. The number of hydrogen-bond donors (Lipinski definition) is 4. The van der Waals surface area contributed by atoms with Gasteiger partial charge in [-0.1, -0.05) is 42.5 Å². The van der Waals surface area contributed by atoms with Crippen LogP contribution >= 0.6 is 15.9 Å². The van der Waals surface area contributed by atoms with Gasteiger partial charge >= 0.3 is 0 Å². The summed E-state index contributed by atoms with van der Waals surface area (Å²) in [5, 5.41) is 10.1. The molecule has 0 aromatic heterocycles. The van der Waals surface area contributed by atoms with Crippen LogP contribution in [-0.2, 0) is 20.2 Å². The highest BCUT2D eigenvalue weighted by Gasteiger charge is 2.17. The van der Waals surface area contributed by atoms with E-state index >= 15 is 0 Å². The van der Waals surface area contributed by atoms with Crippen molar-refractivity contribution in [2.75, 3.05) is 5.32 Å². The third-order valence-electron chi connectivity index (χ3n) is 4.82. The number of benzene rings is 3. The number of carbonyl (C=O) groups is 1. The molecule has 0 saturated heterocycles. The van der Waals surface area contributed by atoms with Crippen LogP contribution in [-0.4, -0.2) is 16.0 Å². The van der Waals surface area contributed by atoms with E-state index in [0.29, 0.717) is 37.3 Å². The van der Waals surface area contributed by atoms with Gasteiger partial charge in [0.2, 0.25) is 11.1 Å². The van der Waals surface area contributed by atoms with Crippen molar-refractivity contribution in [1.82, 2.24) is 0 Å². The Morgan fingerprint density at radius 2 is 1.79 bits per heavy atom. The minimum atomic E-state index is -1.84. The van der Waals surface area contributed by atoms with Crippen molar-refractivity contribution in [3.63, 3.8) is 0 Å². The molecule has 3 aromatic rings. The first-order valence-electron chi connectivity index (χ1n) is 9.53. The number of hydrogen-bond acceptors (Lipinski definition) is 5. The summed E-state index contributed by atoms with van der Waals surface area (Å²) in [6.07, 6.45) is 0. The molecule has 0 heterocycles. The average Bonchev–Trinajstić information content (AvgIpc) is 2.83. The number of nitrogens with one attached hydrogen (secondary N) is 2. The van der Waals surface area contributed by atoms with Crippen LogP contribution in [0.15, 0.2) is 81.9 Å². The molecule has 33 heavy (non-hydrogen) atoms. The number of nitrogens with two attached hydrogens (primary N) is 2. The Hall–Kier alpha value is -3.18. The fourth-order valence-corrected chi connectivity index (χ4v) is 4.22. The average molecular weight is 531 g/mol. The Balaban J connectivity index is 1.87. The predicted molar refractivity (Wildman–Crippen MR) is 131 cm³/mol. The summed E-state index contributed by atoms with van der Waals surface area (Å²) in [7, 11) is 0. The molecular weight excluding hydrogens is 511 g/mol. The van der Waals surface area contributed by atoms with Gasteiger partial charge in [-0.05, 0) is 63.8 Å². The van der Waals surface area contributed by atoms with Crippen molar-refractivity contribution >= 4 is 50.0 Å². The van der Waals surface area contributed by atoms with Gasteiger partial charge in [-0.3, -0.25) is 10.2 Å². The Bertz CT molecular complexity index is 1300. The highest BCUT2D eigenvalue weighted by molar-refractivity contribution is 9.10. The fraction of sp³-hybridized carbons (Fsp3) is 0.0435. The molecule has 0 aliphatic rings. The van der Waals surface area contributed by atoms with Crippen LogP contribution in [0.3, 0.4) is 0 Å². The Morgan fingerprint density at radius 3 is 2.45 bits per heavy atom. The first-order valence-corrected chi connectivity index (χ1v) is 11.4. The van der Waals surface area contributed by atoms with Gasteiger partial charge in [-0.25, -0.2) is 8.60 Å². The van der Waals surface area contributed by atoms with Crippen LogP contribution in [0.4, 0.5) is 10.1 Å². The molecule has 1 unspecified atom stereocenters. The lowest BCUT2D eigenvalue weighted by molar-refractivity contribution is -0.114. The summed E-state index contributed by atoms with van der Waals surface area (Å²) in [6.45, 7) is 1.48. The lowest BCUT2D eigenvalue weighted by Crippen LogP contribution is -2.14. The van der Waals surface area contributed by atoms with Crippen LogP contribution in [0.5, 0.6) is 0 Å². The number of carbonyl (C=O) groups excluding carboxylic acids is 1. The van der Waals surface area contributed by atoms with Crippen molar-refractivity contribution < 1.29 is 17.7 Å². The molecule has 7 nitrogen and oxygen atoms in total. The molecule has 1 amide bonds. The molecule has 0 aliphatic heterocycles. The molecular formula is C23H20BrFN4O3S. The van der Waals surface area contributed by atoms with Crippen LogP contribution in [0.2, 0.25) is 0 Å². The molecule has 0 spiro atoms. The summed E-state index contributed by atoms with van der Waals surface area (Å²) in [5.74, 6) is 3.02. The third-order valence-corrected chi connectivity index (χ3v) is 6.36. The maximum absolute atomic E-state index is 14.9. The summed E-state index contributed by atoms with van der Waals surface area (Å²) in [4.78, 5) is 12.9. The molecule has 170 valence electrons. The molecule has 10 heteroatoms. The number of amides is 1. The molecule has 0 saturated carbocycles. The fourth-order valence-electron chi connectivity index (χ4n) is 3.08. The van der Waals surface area contributed by atoms with E-state index in [1.165, 1.54) is 6.92 Å². The number of allylic oxidation sites excluding steroid dienone is 1. The number of rotatable bonds is 7. The first-order chi connectivity index (χ1) is 15.7. The van der Waals surface area contributed by atoms with E-state index in [0.717, 1.165) is 0 Å². The van der Waals surface area contributed by atoms with Gasteiger partial charge in [0.25, 0.3) is 5.91 Å². The summed E-state index contributed by atoms with van der Waals surface area (Å²) in [6, 6.07) is 18.3. The molecule has 1 atom stereocenters. The van der Waals surface area contributed by atoms with Gasteiger partial charge in [0, 0.05) is 15.6 Å². The molecule has 0 fully saturated rings. The number of amidine groups is 1. The quantitative estimate of drug-likeness (QED) is 0.153. The molecule has 0 aliphatic carbocycles. The van der Waals surface area contributed by atoms with Crippen molar-refractivity contribution in [2.45, 2.75) is 11.8 Å². The van der Waals surface area contributed by atoms with Gasteiger partial charge < -0.3 is 11.1 Å². The SMILES string of the molecule is C/C(=C(\F)C(=O)Nc1ccc(-c2ccccc2S(=O)ON)cc1Br)c1cccc(C(=N)N)c1. The lowest BCUT2D eigenvalue weighted by Gasteiger charge is -2.12. The van der Waals surface area contributed by atoms with E-state index in [9.17, 15) is 13.4 Å². The second kappa shape index (κ2) is 10.6. The van der Waals surface area contributed by atoms with E-state index in [1.54, 1.807) is 66.7 Å². The van der Waals surface area contributed by atoms with Crippen LogP contribution < -0.4 is 16.9 Å². The lowest BCUT2D eigenvalue weighted by atomic mass is 10.0. The zero-order valence-electron chi connectivity index (χ0n) is 17.4. The molecule has 6 N–H and O–H groups in total. The summed E-state index contributed by atoms with van der Waals surface area (Å²) in [5.41, 5.74) is 8.13. The van der Waals surface area contributed by atoms with Crippen molar-refractivity contribution in [3.8, 4) is 11.1 Å². The zero-order valence-corrected chi connectivity index (χ0v) is 19.8. The Kier molecular flexibility index (Phi) is 7.88. The zero-order chi connectivity index (χ0) is 24.1. The van der Waals surface area contributed by atoms with Crippen molar-refractivity contribution in [3.05, 3.63) is 88.2 Å². The number of nitrogen functional groups attached to an aromatic ring is 1. The minimum Gasteiger partial charge on any atom is -0.384 e. The van der Waals surface area contributed by atoms with Crippen LogP contribution in [0.1, 0.15) is 18.1 Å². The number of anilines is 1. The third kappa shape index (κ3) is 5.60. The Labute approximate surface area is 200 Å². The molecule has 0 radical (unpaired) electrons. The smallest absolute Gasteiger partial charge is 0.284 e. The number of halogens is 2. The summed E-state index contributed by atoms with van der Waals surface area (Å²) < 4.78 is 31.8. The second-order valence-electron chi connectivity index (χ2n) is 6.91. The maximum Gasteiger partial charge on any atom is 0.284 e. The minimum absolute atomic E-state index is 0.113. The van der Waals surface area contributed by atoms with Gasteiger partial charge in [-0.2, -0.15) is 10.2 Å². The van der Waals surface area contributed by atoms with E-state index in [2.05, 4.69) is 25.5 Å². The highest BCUT2D eigenvalue weighted by atomic mass is 79.9. The van der Waals surface area contributed by atoms with E-state index < -0.39 is 22.8 Å². The molecule has 3 aromatic carbocycles. The van der Waals surface area contributed by atoms with Crippen molar-refractivity contribution in [1.29, 1.82) is 5.41 Å². The van der Waals surface area contributed by atoms with Gasteiger partial charge in [0.1, 0.15) is 5.84 Å². The van der Waals surface area contributed by atoms with E-state index in [1.807, 2.05) is 0 Å². The van der Waals surface area contributed by atoms with E-state index in [4.69, 9.17) is 17.0 Å².